The van der Waals surface area contributed by atoms with E-state index in [0.29, 0.717) is 22.8 Å². The molecule has 132 valence electrons. The molecule has 0 spiro atoms. The quantitative estimate of drug-likeness (QED) is 0.706. The minimum atomic E-state index is -0.323. The number of halogens is 2. The molecular formula is C20H22ClFN2O. The van der Waals surface area contributed by atoms with Crippen molar-refractivity contribution in [1.82, 2.24) is 4.90 Å². The highest BCUT2D eigenvalue weighted by Crippen LogP contribution is 2.34. The molecule has 2 aromatic carbocycles. The van der Waals surface area contributed by atoms with Crippen LogP contribution in [0, 0.1) is 12.7 Å². The molecular weight excluding hydrogens is 339 g/mol. The summed E-state index contributed by atoms with van der Waals surface area (Å²) in [4.78, 5) is 14.7. The Kier molecular flexibility index (Phi) is 5.59. The lowest BCUT2D eigenvalue weighted by molar-refractivity contribution is 0.189. The van der Waals surface area contributed by atoms with Gasteiger partial charge in [-0.2, -0.15) is 0 Å². The van der Waals surface area contributed by atoms with Crippen LogP contribution in [0.25, 0.3) is 0 Å². The summed E-state index contributed by atoms with van der Waals surface area (Å²) in [5.74, 6) is -0.323. The molecule has 0 saturated carbocycles. The second kappa shape index (κ2) is 7.87. The maximum Gasteiger partial charge on any atom is 0.322 e. The molecule has 25 heavy (non-hydrogen) atoms. The Balaban J connectivity index is 1.84. The zero-order chi connectivity index (χ0) is 17.8. The molecule has 1 aliphatic rings. The first-order valence-electron chi connectivity index (χ1n) is 8.64. The summed E-state index contributed by atoms with van der Waals surface area (Å²) in [6.45, 7) is 2.36. The van der Waals surface area contributed by atoms with Crippen LogP contribution < -0.4 is 5.32 Å². The van der Waals surface area contributed by atoms with Crippen LogP contribution in [0.4, 0.5) is 14.9 Å². The van der Waals surface area contributed by atoms with Gasteiger partial charge in [0.2, 0.25) is 0 Å². The molecule has 1 fully saturated rings. The molecule has 2 aromatic rings. The van der Waals surface area contributed by atoms with Gasteiger partial charge < -0.3 is 10.2 Å². The Bertz CT molecular complexity index is 765. The summed E-state index contributed by atoms with van der Waals surface area (Å²) < 4.78 is 13.7. The number of aryl methyl sites for hydroxylation is 1. The average molecular weight is 361 g/mol. The van der Waals surface area contributed by atoms with Crippen molar-refractivity contribution >= 4 is 23.3 Å². The summed E-state index contributed by atoms with van der Waals surface area (Å²) in [5.41, 5.74) is 1.99. The van der Waals surface area contributed by atoms with Gasteiger partial charge in [-0.15, -0.1) is 0 Å². The van der Waals surface area contributed by atoms with Gasteiger partial charge in [-0.3, -0.25) is 0 Å². The largest absolute Gasteiger partial charge is 0.322 e. The fourth-order valence-corrected chi connectivity index (χ4v) is 3.55. The monoisotopic (exact) mass is 360 g/mol. The molecule has 1 unspecified atom stereocenters. The van der Waals surface area contributed by atoms with E-state index in [-0.39, 0.29) is 17.9 Å². The molecule has 3 rings (SSSR count). The lowest BCUT2D eigenvalue weighted by Crippen LogP contribution is -2.38. The number of likely N-dealkylation sites (tertiary alicyclic amines) is 1. The van der Waals surface area contributed by atoms with Gasteiger partial charge in [0.15, 0.2) is 0 Å². The van der Waals surface area contributed by atoms with Gasteiger partial charge >= 0.3 is 6.03 Å². The van der Waals surface area contributed by atoms with Crippen LogP contribution in [0.1, 0.15) is 42.9 Å². The Labute approximate surface area is 152 Å². The van der Waals surface area contributed by atoms with E-state index in [2.05, 4.69) is 5.32 Å². The van der Waals surface area contributed by atoms with Crippen molar-refractivity contribution in [2.45, 2.75) is 38.6 Å². The minimum absolute atomic E-state index is 0.0634. The van der Waals surface area contributed by atoms with Crippen LogP contribution in [0.3, 0.4) is 0 Å². The number of benzene rings is 2. The summed E-state index contributed by atoms with van der Waals surface area (Å²) in [6.07, 6.45) is 3.97. The molecule has 1 heterocycles. The van der Waals surface area contributed by atoms with E-state index < -0.39 is 0 Å². The van der Waals surface area contributed by atoms with Crippen LogP contribution in [-0.4, -0.2) is 17.5 Å². The van der Waals surface area contributed by atoms with E-state index in [1.54, 1.807) is 19.1 Å². The van der Waals surface area contributed by atoms with Crippen molar-refractivity contribution in [2.24, 2.45) is 0 Å². The predicted molar refractivity (Wildman–Crippen MR) is 99.5 cm³/mol. The summed E-state index contributed by atoms with van der Waals surface area (Å²) in [7, 11) is 0. The van der Waals surface area contributed by atoms with Gasteiger partial charge in [-0.25, -0.2) is 9.18 Å². The predicted octanol–water partition coefficient (Wildman–Crippen LogP) is 5.94. The summed E-state index contributed by atoms with van der Waals surface area (Å²) >= 11 is 6.37. The lowest BCUT2D eigenvalue weighted by atomic mass is 10.0. The van der Waals surface area contributed by atoms with E-state index in [0.717, 1.165) is 31.2 Å². The number of carbonyl (C=O) groups excluding carboxylic acids is 1. The number of nitrogens with zero attached hydrogens (tertiary/aromatic N) is 1. The van der Waals surface area contributed by atoms with E-state index in [4.69, 9.17) is 11.6 Å². The highest BCUT2D eigenvalue weighted by atomic mass is 35.5. The molecule has 0 aromatic heterocycles. The number of amides is 2. The van der Waals surface area contributed by atoms with Crippen molar-refractivity contribution in [1.29, 1.82) is 0 Å². The molecule has 1 aliphatic heterocycles. The van der Waals surface area contributed by atoms with Crippen molar-refractivity contribution in [2.75, 3.05) is 11.9 Å². The van der Waals surface area contributed by atoms with E-state index in [1.807, 2.05) is 29.2 Å². The second-order valence-electron chi connectivity index (χ2n) is 6.47. The lowest BCUT2D eigenvalue weighted by Gasteiger charge is -2.31. The molecule has 0 radical (unpaired) electrons. The molecule has 1 atom stereocenters. The number of carbonyl (C=O) groups is 1. The Morgan fingerprint density at radius 3 is 2.76 bits per heavy atom. The SMILES string of the molecule is Cc1ccc(NC(=O)N2CCCCCC2c2ccccc2Cl)cc1F. The molecule has 3 nitrogen and oxygen atoms in total. The van der Waals surface area contributed by atoms with Crippen LogP contribution in [0.5, 0.6) is 0 Å². The zero-order valence-electron chi connectivity index (χ0n) is 14.3. The average Bonchev–Trinajstić information content (AvgIpc) is 2.84. The van der Waals surface area contributed by atoms with Gasteiger partial charge in [-0.1, -0.05) is 48.7 Å². The zero-order valence-corrected chi connectivity index (χ0v) is 15.0. The second-order valence-corrected chi connectivity index (χ2v) is 6.88. The first-order chi connectivity index (χ1) is 12.1. The van der Waals surface area contributed by atoms with Gasteiger partial charge in [0.25, 0.3) is 0 Å². The highest BCUT2D eigenvalue weighted by molar-refractivity contribution is 6.31. The number of nitrogens with one attached hydrogen (secondary N) is 1. The van der Waals surface area contributed by atoms with Gasteiger partial charge in [0, 0.05) is 17.3 Å². The number of anilines is 1. The summed E-state index contributed by atoms with van der Waals surface area (Å²) in [6, 6.07) is 12.1. The van der Waals surface area contributed by atoms with E-state index in [9.17, 15) is 9.18 Å². The third-order valence-electron chi connectivity index (χ3n) is 4.70. The van der Waals surface area contributed by atoms with Gasteiger partial charge in [0.05, 0.1) is 6.04 Å². The molecule has 5 heteroatoms. The van der Waals surface area contributed by atoms with Crippen LogP contribution in [0.15, 0.2) is 42.5 Å². The van der Waals surface area contributed by atoms with Crippen LogP contribution >= 0.6 is 11.6 Å². The fraction of sp³-hybridized carbons (Fsp3) is 0.350. The number of rotatable bonds is 2. The normalized spacial score (nSPS) is 17.9. The van der Waals surface area contributed by atoms with Gasteiger partial charge in [0.1, 0.15) is 5.82 Å². The Hall–Kier alpha value is -2.07. The molecule has 0 bridgehead atoms. The first kappa shape index (κ1) is 17.7. The van der Waals surface area contributed by atoms with Crippen LogP contribution in [-0.2, 0) is 0 Å². The minimum Gasteiger partial charge on any atom is -0.317 e. The van der Waals surface area contributed by atoms with Crippen molar-refractivity contribution in [3.05, 3.63) is 64.4 Å². The van der Waals surface area contributed by atoms with Crippen molar-refractivity contribution < 1.29 is 9.18 Å². The standard InChI is InChI=1S/C20H22ClFN2O/c1-14-10-11-15(13-18(14)22)23-20(25)24-12-6-2-3-9-19(24)16-7-4-5-8-17(16)21/h4-5,7-8,10-11,13,19H,2-3,6,9,12H2,1H3,(H,23,25). The van der Waals surface area contributed by atoms with Crippen molar-refractivity contribution in [3.8, 4) is 0 Å². The maximum atomic E-state index is 13.7. The third kappa shape index (κ3) is 4.13. The smallest absolute Gasteiger partial charge is 0.317 e. The first-order valence-corrected chi connectivity index (χ1v) is 9.02. The van der Waals surface area contributed by atoms with Gasteiger partial charge in [-0.05, 0) is 49.1 Å². The fourth-order valence-electron chi connectivity index (χ4n) is 3.29. The Morgan fingerprint density at radius 2 is 2.00 bits per heavy atom. The molecule has 1 N–H and O–H groups in total. The number of urea groups is 1. The van der Waals surface area contributed by atoms with Crippen LogP contribution in [0.2, 0.25) is 5.02 Å². The third-order valence-corrected chi connectivity index (χ3v) is 5.05. The highest BCUT2D eigenvalue weighted by Gasteiger charge is 2.28. The number of hydrogen-bond donors (Lipinski definition) is 1. The maximum absolute atomic E-state index is 13.7. The topological polar surface area (TPSA) is 32.3 Å². The van der Waals surface area contributed by atoms with Crippen molar-refractivity contribution in [3.63, 3.8) is 0 Å². The Morgan fingerprint density at radius 1 is 1.20 bits per heavy atom. The molecule has 0 aliphatic carbocycles. The van der Waals surface area contributed by atoms with E-state index >= 15 is 0 Å². The number of hydrogen-bond acceptors (Lipinski definition) is 1. The summed E-state index contributed by atoms with van der Waals surface area (Å²) in [5, 5.41) is 3.51. The van der Waals surface area contributed by atoms with E-state index in [1.165, 1.54) is 6.07 Å². The molecule has 1 saturated heterocycles. The molecule has 2 amide bonds.